The Bertz CT molecular complexity index is 1520. The molecule has 214 valence electrons. The molecule has 1 aromatic heterocycles. The van der Waals surface area contributed by atoms with Crippen molar-refractivity contribution in [3.05, 3.63) is 71.8 Å². The lowest BCUT2D eigenvalue weighted by Crippen LogP contribution is -2.51. The first-order valence-corrected chi connectivity index (χ1v) is 14.2. The van der Waals surface area contributed by atoms with Gasteiger partial charge in [0.05, 0.1) is 37.1 Å². The van der Waals surface area contributed by atoms with E-state index in [9.17, 15) is 24.2 Å². The molecule has 3 heterocycles. The number of anilines is 1. The van der Waals surface area contributed by atoms with Crippen LogP contribution in [0.25, 0.3) is 11.8 Å². The molecule has 8 nitrogen and oxygen atoms in total. The number of ether oxygens (including phenoxy) is 1. The van der Waals surface area contributed by atoms with Crippen LogP contribution in [0.2, 0.25) is 0 Å². The van der Waals surface area contributed by atoms with Crippen LogP contribution in [0.1, 0.15) is 30.5 Å². The number of aromatic nitrogens is 2. The number of carbonyl (C=O) groups excluding carboxylic acids is 1. The number of nitrogens with zero attached hydrogens (tertiary/aromatic N) is 5. The average Bonchev–Trinajstić information content (AvgIpc) is 3.22. The van der Waals surface area contributed by atoms with E-state index in [0.29, 0.717) is 31.0 Å². The molecule has 0 radical (unpaired) electrons. The van der Waals surface area contributed by atoms with Gasteiger partial charge in [-0.25, -0.2) is 9.99 Å². The maximum Gasteiger partial charge on any atom is 0.435 e. The van der Waals surface area contributed by atoms with Gasteiger partial charge in [-0.3, -0.25) is 14.8 Å². The molecule has 0 N–H and O–H groups in total. The number of imidazole rings is 1. The number of aryl methyl sites for hydroxylation is 1. The first-order valence-electron chi connectivity index (χ1n) is 12.3. The number of hydrazine groups is 1. The zero-order valence-electron chi connectivity index (χ0n) is 21.6. The summed E-state index contributed by atoms with van der Waals surface area (Å²) in [7, 11) is -8.54. The number of rotatable bonds is 6. The minimum absolute atomic E-state index is 0.0594. The summed E-state index contributed by atoms with van der Waals surface area (Å²) in [5.41, 5.74) is 3.59. The molecule has 1 fully saturated rings. The predicted molar refractivity (Wildman–Crippen MR) is 143 cm³/mol. The lowest BCUT2D eigenvalue weighted by molar-refractivity contribution is -0.120. The maximum atomic E-state index is 13.0. The predicted octanol–water partition coefficient (Wildman–Crippen LogP) is 7.01. The van der Waals surface area contributed by atoms with Crippen LogP contribution in [0.5, 0.6) is 11.5 Å². The topological polar surface area (TPSA) is 72.2 Å². The Hall–Kier alpha value is -4.07. The molecule has 1 saturated heterocycles. The second kappa shape index (κ2) is 9.25. The molecule has 40 heavy (non-hydrogen) atoms. The summed E-state index contributed by atoms with van der Waals surface area (Å²) in [6.07, 6.45) is 6.95. The SMILES string of the molecule is COc1cc(/C=C2\CCCN3C2=NCCC(=O)N3c2ccc(OS(F)(F)(F)(F)F)cc2)ccc1-n1cnc(C)c1. The van der Waals surface area contributed by atoms with Crippen LogP contribution in [0.15, 0.2) is 65.6 Å². The summed E-state index contributed by atoms with van der Waals surface area (Å²) in [6, 6.07) is 9.52. The Morgan fingerprint density at radius 3 is 2.42 bits per heavy atom. The number of amidine groups is 1. The van der Waals surface area contributed by atoms with E-state index < -0.39 is 16.3 Å². The number of carbonyl (C=O) groups is 1. The number of piperidine rings is 1. The Labute approximate surface area is 227 Å². The fraction of sp³-hybridized carbons (Fsp3) is 0.269. The van der Waals surface area contributed by atoms with E-state index in [1.165, 1.54) is 5.01 Å². The Kier molecular flexibility index (Phi) is 6.36. The Morgan fingerprint density at radius 1 is 1.02 bits per heavy atom. The molecule has 0 spiro atoms. The smallest absolute Gasteiger partial charge is 0.435 e. The number of fused-ring (bicyclic) bond motifs is 1. The van der Waals surface area contributed by atoms with Gasteiger partial charge in [0.25, 0.3) is 0 Å². The molecule has 2 aliphatic heterocycles. The fourth-order valence-corrected chi connectivity index (χ4v) is 5.15. The summed E-state index contributed by atoms with van der Waals surface area (Å²) in [6.45, 7) is 2.53. The fourth-order valence-electron chi connectivity index (χ4n) is 4.67. The molecule has 5 rings (SSSR count). The van der Waals surface area contributed by atoms with Crippen LogP contribution in [0.4, 0.5) is 25.1 Å². The molecular formula is C26H26F5N5O3S. The summed E-state index contributed by atoms with van der Waals surface area (Å²) in [4.78, 5) is 22.0. The Balaban J connectivity index is 1.44. The van der Waals surface area contributed by atoms with Crippen LogP contribution in [-0.4, -0.2) is 46.5 Å². The van der Waals surface area contributed by atoms with Crippen molar-refractivity contribution in [1.29, 1.82) is 0 Å². The van der Waals surface area contributed by atoms with Crippen molar-refractivity contribution in [2.45, 2.75) is 26.2 Å². The number of aliphatic imine (C=N–C) groups is 1. The highest BCUT2D eigenvalue weighted by Gasteiger charge is 2.67. The molecule has 2 aliphatic rings. The highest BCUT2D eigenvalue weighted by Crippen LogP contribution is 2.97. The van der Waals surface area contributed by atoms with Crippen molar-refractivity contribution >= 4 is 34.0 Å². The molecule has 1 amide bonds. The highest BCUT2D eigenvalue weighted by molar-refractivity contribution is 8.42. The average molecular weight is 584 g/mol. The van der Waals surface area contributed by atoms with E-state index in [1.54, 1.807) is 18.4 Å². The quantitative estimate of drug-likeness (QED) is 0.292. The van der Waals surface area contributed by atoms with Crippen molar-refractivity contribution in [2.75, 3.05) is 25.2 Å². The normalized spacial score (nSPS) is 18.9. The maximum absolute atomic E-state index is 13.0. The van der Waals surface area contributed by atoms with E-state index in [0.717, 1.165) is 46.8 Å². The van der Waals surface area contributed by atoms with E-state index in [-0.39, 0.29) is 24.6 Å². The number of halogens is 5. The summed E-state index contributed by atoms with van der Waals surface area (Å²) in [5.74, 6) is -0.213. The number of benzene rings is 2. The lowest BCUT2D eigenvalue weighted by Gasteiger charge is -2.40. The molecule has 0 aliphatic carbocycles. The first-order chi connectivity index (χ1) is 18.7. The molecule has 0 bridgehead atoms. The van der Waals surface area contributed by atoms with E-state index >= 15 is 0 Å². The minimum Gasteiger partial charge on any atom is -0.495 e. The van der Waals surface area contributed by atoms with Crippen molar-refractivity contribution in [3.8, 4) is 17.2 Å². The Morgan fingerprint density at radius 2 is 1.77 bits per heavy atom. The summed E-state index contributed by atoms with van der Waals surface area (Å²) < 4.78 is 74.3. The molecule has 0 unspecified atom stereocenters. The van der Waals surface area contributed by atoms with Crippen molar-refractivity contribution in [3.63, 3.8) is 0 Å². The number of hydrogen-bond donors (Lipinski definition) is 0. The van der Waals surface area contributed by atoms with Gasteiger partial charge in [0.2, 0.25) is 5.91 Å². The largest absolute Gasteiger partial charge is 0.495 e. The summed E-state index contributed by atoms with van der Waals surface area (Å²) in [5, 5.41) is 3.00. The number of hydrogen-bond acceptors (Lipinski definition) is 6. The molecule has 0 saturated carbocycles. The summed E-state index contributed by atoms with van der Waals surface area (Å²) >= 11 is 0. The van der Waals surface area contributed by atoms with Gasteiger partial charge in [-0.1, -0.05) is 25.5 Å². The molecule has 3 aromatic rings. The van der Waals surface area contributed by atoms with Gasteiger partial charge < -0.3 is 13.5 Å². The molecule has 2 aromatic carbocycles. The van der Waals surface area contributed by atoms with Gasteiger partial charge in [-0.15, -0.1) is 0 Å². The second-order valence-electron chi connectivity index (χ2n) is 9.39. The van der Waals surface area contributed by atoms with Crippen LogP contribution in [0.3, 0.4) is 0 Å². The lowest BCUT2D eigenvalue weighted by atomic mass is 10.0. The van der Waals surface area contributed by atoms with E-state index in [2.05, 4.69) is 14.2 Å². The van der Waals surface area contributed by atoms with E-state index in [1.807, 2.05) is 42.0 Å². The van der Waals surface area contributed by atoms with Gasteiger partial charge in [0, 0.05) is 19.2 Å². The van der Waals surface area contributed by atoms with Gasteiger partial charge in [-0.2, -0.15) is 0 Å². The van der Waals surface area contributed by atoms with Crippen LogP contribution < -0.4 is 13.9 Å². The van der Waals surface area contributed by atoms with Gasteiger partial charge in [-0.05, 0) is 73.4 Å². The van der Waals surface area contributed by atoms with Crippen LogP contribution in [-0.2, 0) is 4.79 Å². The standard InChI is InChI=1S/C26H26F5N5O3S/c1-18-16-34(17-33-18)23-10-5-19(15-24(23)38-2)14-20-4-3-13-35-26(20)32-12-11-25(37)36(35)21-6-8-22(9-7-21)39-40(27,28,29,30)31/h5-10,14-17H,3-4,11-13H2,1-2H3/b20-14+. The zero-order chi connectivity index (χ0) is 28.8. The van der Waals surface area contributed by atoms with Crippen molar-refractivity contribution < 1.29 is 33.1 Å². The number of methoxy groups -OCH3 is 1. The third kappa shape index (κ3) is 6.22. The van der Waals surface area contributed by atoms with Crippen molar-refractivity contribution in [2.24, 2.45) is 4.99 Å². The third-order valence-corrected chi connectivity index (χ3v) is 6.79. The second-order valence-corrected chi connectivity index (χ2v) is 11.3. The molecule has 14 heteroatoms. The van der Waals surface area contributed by atoms with E-state index in [4.69, 9.17) is 4.74 Å². The van der Waals surface area contributed by atoms with Gasteiger partial charge in [0.1, 0.15) is 17.3 Å². The van der Waals surface area contributed by atoms with Crippen LogP contribution in [0, 0.1) is 6.92 Å². The third-order valence-electron chi connectivity index (χ3n) is 6.28. The van der Waals surface area contributed by atoms with Gasteiger partial charge >= 0.3 is 10.5 Å². The highest BCUT2D eigenvalue weighted by atomic mass is 32.5. The van der Waals surface area contributed by atoms with Crippen LogP contribution >= 0.6 is 10.5 Å². The minimum atomic E-state index is -10.1. The molecular weight excluding hydrogens is 557 g/mol. The van der Waals surface area contributed by atoms with Crippen molar-refractivity contribution in [1.82, 2.24) is 14.6 Å². The van der Waals surface area contributed by atoms with Gasteiger partial charge in [0.15, 0.2) is 0 Å². The zero-order valence-corrected chi connectivity index (χ0v) is 22.4. The molecule has 0 atom stereocenters. The monoisotopic (exact) mass is 583 g/mol. The number of amides is 1. The first kappa shape index (κ1) is 27.5.